The third kappa shape index (κ3) is 6.65. The second-order valence-corrected chi connectivity index (χ2v) is 9.58. The molecule has 0 aliphatic rings. The highest BCUT2D eigenvalue weighted by Gasteiger charge is 2.20. The lowest BCUT2D eigenvalue weighted by molar-refractivity contribution is -0.118. The van der Waals surface area contributed by atoms with Crippen LogP contribution in [0.5, 0.6) is 11.5 Å². The van der Waals surface area contributed by atoms with Gasteiger partial charge in [0.05, 0.1) is 23.7 Å². The predicted octanol–water partition coefficient (Wildman–Crippen LogP) is 3.76. The van der Waals surface area contributed by atoms with E-state index in [4.69, 9.17) is 9.47 Å². The van der Waals surface area contributed by atoms with Gasteiger partial charge in [0.1, 0.15) is 18.1 Å². The molecule has 0 aromatic heterocycles. The standard InChI is InChI=1S/C21H28N2O5S2/c1-14(2)21(24)22-19-12-18(10-11-20(19)29-5)30(25,26)23-15(3)13-28-17-8-6-16(27-4)7-9-17/h6-12,14-15,23H,13H2,1-5H3,(H,22,24). The van der Waals surface area contributed by atoms with Gasteiger partial charge in [-0.15, -0.1) is 11.8 Å². The highest BCUT2D eigenvalue weighted by atomic mass is 32.2. The zero-order chi connectivity index (χ0) is 22.3. The lowest BCUT2D eigenvalue weighted by Crippen LogP contribution is -2.36. The number of hydrogen-bond acceptors (Lipinski definition) is 6. The van der Waals surface area contributed by atoms with E-state index in [0.717, 1.165) is 4.90 Å². The molecule has 0 aliphatic carbocycles. The first-order valence-electron chi connectivity index (χ1n) is 9.44. The van der Waals surface area contributed by atoms with Crippen LogP contribution >= 0.6 is 11.8 Å². The van der Waals surface area contributed by atoms with E-state index in [1.54, 1.807) is 58.2 Å². The smallest absolute Gasteiger partial charge is 0.241 e. The minimum Gasteiger partial charge on any atom is -0.497 e. The van der Waals surface area contributed by atoms with Crippen molar-refractivity contribution in [3.05, 3.63) is 42.5 Å². The zero-order valence-electron chi connectivity index (χ0n) is 17.8. The summed E-state index contributed by atoms with van der Waals surface area (Å²) in [5.41, 5.74) is 0.478. The van der Waals surface area contributed by atoms with E-state index in [1.165, 1.54) is 23.9 Å². The largest absolute Gasteiger partial charge is 0.497 e. The Hall–Kier alpha value is -2.23. The normalized spacial score (nSPS) is 12.5. The van der Waals surface area contributed by atoms with Crippen molar-refractivity contribution in [2.45, 2.75) is 36.6 Å². The van der Waals surface area contributed by atoms with Crippen LogP contribution in [-0.4, -0.2) is 40.3 Å². The number of ether oxygens (including phenoxy) is 2. The maximum absolute atomic E-state index is 12.8. The molecule has 0 saturated carbocycles. The Morgan fingerprint density at radius 2 is 1.70 bits per heavy atom. The van der Waals surface area contributed by atoms with Gasteiger partial charge in [-0.3, -0.25) is 4.79 Å². The summed E-state index contributed by atoms with van der Waals surface area (Å²) >= 11 is 1.43. The number of anilines is 1. The minimum absolute atomic E-state index is 0.0793. The van der Waals surface area contributed by atoms with Crippen molar-refractivity contribution in [2.75, 3.05) is 25.3 Å². The molecule has 0 fully saturated rings. The molecule has 164 valence electrons. The van der Waals surface area contributed by atoms with E-state index in [9.17, 15) is 13.2 Å². The minimum atomic E-state index is -3.79. The van der Waals surface area contributed by atoms with Gasteiger partial charge in [0.15, 0.2) is 0 Å². The number of benzene rings is 2. The van der Waals surface area contributed by atoms with E-state index in [1.807, 2.05) is 6.26 Å². The Kier molecular flexibility index (Phi) is 8.57. The van der Waals surface area contributed by atoms with Crippen molar-refractivity contribution in [3.8, 4) is 11.5 Å². The zero-order valence-corrected chi connectivity index (χ0v) is 19.4. The van der Waals surface area contributed by atoms with Crippen molar-refractivity contribution < 1.29 is 22.7 Å². The number of hydrogen-bond donors (Lipinski definition) is 2. The number of nitrogens with one attached hydrogen (secondary N) is 2. The van der Waals surface area contributed by atoms with Gasteiger partial charge >= 0.3 is 0 Å². The van der Waals surface area contributed by atoms with Crippen LogP contribution in [0, 0.1) is 5.92 Å². The number of amides is 1. The Balaban J connectivity index is 2.08. The lowest BCUT2D eigenvalue weighted by atomic mass is 10.2. The fraction of sp³-hybridized carbons (Fsp3) is 0.381. The first-order valence-corrected chi connectivity index (χ1v) is 12.1. The molecule has 0 heterocycles. The van der Waals surface area contributed by atoms with Crippen LogP contribution in [-0.2, 0) is 14.8 Å². The molecule has 9 heteroatoms. The molecule has 1 amide bonds. The van der Waals surface area contributed by atoms with Crippen molar-refractivity contribution >= 4 is 33.4 Å². The maximum atomic E-state index is 12.8. The van der Waals surface area contributed by atoms with Crippen LogP contribution in [0.15, 0.2) is 52.3 Å². The average molecular weight is 453 g/mol. The summed E-state index contributed by atoms with van der Waals surface area (Å²) in [6.45, 7) is 5.44. The monoisotopic (exact) mass is 452 g/mol. The highest BCUT2D eigenvalue weighted by molar-refractivity contribution is 7.98. The fourth-order valence-corrected chi connectivity index (χ4v) is 4.28. The average Bonchev–Trinajstić information content (AvgIpc) is 2.72. The number of carbonyl (C=O) groups is 1. The fourth-order valence-electron chi connectivity index (χ4n) is 2.49. The highest BCUT2D eigenvalue weighted by Crippen LogP contribution is 2.28. The molecule has 0 radical (unpaired) electrons. The Morgan fingerprint density at radius 1 is 1.07 bits per heavy atom. The van der Waals surface area contributed by atoms with Gasteiger partial charge in [0.2, 0.25) is 15.9 Å². The van der Waals surface area contributed by atoms with Gasteiger partial charge in [-0.05, 0) is 55.6 Å². The van der Waals surface area contributed by atoms with Crippen LogP contribution in [0.1, 0.15) is 20.8 Å². The summed E-state index contributed by atoms with van der Waals surface area (Å²) in [4.78, 5) is 12.9. The molecular weight excluding hydrogens is 424 g/mol. The van der Waals surface area contributed by atoms with Gasteiger partial charge < -0.3 is 14.8 Å². The van der Waals surface area contributed by atoms with Gasteiger partial charge in [-0.1, -0.05) is 13.8 Å². The predicted molar refractivity (Wildman–Crippen MR) is 120 cm³/mol. The molecule has 0 saturated heterocycles. The van der Waals surface area contributed by atoms with Crippen molar-refractivity contribution in [1.82, 2.24) is 4.72 Å². The quantitative estimate of drug-likeness (QED) is 0.533. The number of rotatable bonds is 10. The third-order valence-electron chi connectivity index (χ3n) is 4.18. The Bertz CT molecular complexity index is 960. The Morgan fingerprint density at radius 3 is 2.27 bits per heavy atom. The second kappa shape index (κ2) is 10.7. The van der Waals surface area contributed by atoms with Crippen LogP contribution in [0.2, 0.25) is 0 Å². The topological polar surface area (TPSA) is 93.7 Å². The van der Waals surface area contributed by atoms with Crippen LogP contribution < -0.4 is 19.5 Å². The van der Waals surface area contributed by atoms with Crippen LogP contribution in [0.3, 0.4) is 0 Å². The van der Waals surface area contributed by atoms with Crippen molar-refractivity contribution in [2.24, 2.45) is 5.92 Å². The van der Waals surface area contributed by atoms with Gasteiger partial charge in [0.25, 0.3) is 0 Å². The number of methoxy groups -OCH3 is 1. The molecule has 1 unspecified atom stereocenters. The number of sulfonamides is 1. The van der Waals surface area contributed by atoms with Gasteiger partial charge in [0, 0.05) is 10.8 Å². The van der Waals surface area contributed by atoms with E-state index in [0.29, 0.717) is 17.2 Å². The first-order chi connectivity index (χ1) is 14.2. The molecule has 1 atom stereocenters. The first kappa shape index (κ1) is 24.0. The molecule has 2 aromatic carbocycles. The summed E-state index contributed by atoms with van der Waals surface area (Å²) in [6.07, 6.45) is 1.87. The summed E-state index contributed by atoms with van der Waals surface area (Å²) in [5, 5.41) is 2.80. The molecule has 2 rings (SSSR count). The van der Waals surface area contributed by atoms with Gasteiger partial charge in [-0.25, -0.2) is 13.1 Å². The van der Waals surface area contributed by atoms with Gasteiger partial charge in [-0.2, -0.15) is 0 Å². The van der Waals surface area contributed by atoms with E-state index >= 15 is 0 Å². The summed E-state index contributed by atoms with van der Waals surface area (Å²) in [5.74, 6) is 0.942. The number of thioether (sulfide) groups is 1. The molecule has 0 bridgehead atoms. The summed E-state index contributed by atoms with van der Waals surface area (Å²) < 4.78 is 39.0. The molecule has 0 aliphatic heterocycles. The lowest BCUT2D eigenvalue weighted by Gasteiger charge is -2.17. The van der Waals surface area contributed by atoms with Crippen LogP contribution in [0.4, 0.5) is 5.69 Å². The third-order valence-corrected chi connectivity index (χ3v) is 6.56. The molecule has 2 aromatic rings. The van der Waals surface area contributed by atoms with Crippen molar-refractivity contribution in [3.63, 3.8) is 0 Å². The SMILES string of the molecule is COc1ccc(OCC(C)NS(=O)(=O)c2ccc(SC)c(NC(=O)C(C)C)c2)cc1. The Labute approximate surface area is 182 Å². The summed E-state index contributed by atoms with van der Waals surface area (Å²) in [6, 6.07) is 11.3. The van der Waals surface area contributed by atoms with E-state index in [2.05, 4.69) is 10.0 Å². The van der Waals surface area contributed by atoms with Crippen molar-refractivity contribution in [1.29, 1.82) is 0 Å². The second-order valence-electron chi connectivity index (χ2n) is 7.01. The molecule has 30 heavy (non-hydrogen) atoms. The van der Waals surface area contributed by atoms with E-state index in [-0.39, 0.29) is 23.3 Å². The number of carbonyl (C=O) groups excluding carboxylic acids is 1. The van der Waals surface area contributed by atoms with E-state index < -0.39 is 16.1 Å². The summed E-state index contributed by atoms with van der Waals surface area (Å²) in [7, 11) is -2.21. The molecular formula is C21H28N2O5S2. The molecule has 7 nitrogen and oxygen atoms in total. The molecule has 0 spiro atoms. The maximum Gasteiger partial charge on any atom is 0.241 e. The molecule has 2 N–H and O–H groups in total. The van der Waals surface area contributed by atoms with Crippen LogP contribution in [0.25, 0.3) is 0 Å².